The summed E-state index contributed by atoms with van der Waals surface area (Å²) in [4.78, 5) is 16.2. The van der Waals surface area contributed by atoms with E-state index >= 15 is 0 Å². The third kappa shape index (κ3) is 4.07. The Morgan fingerprint density at radius 2 is 1.81 bits per heavy atom. The van der Waals surface area contributed by atoms with Crippen LogP contribution in [0.25, 0.3) is 17.3 Å². The molecular formula is C18H13Cl3N4O. The van der Waals surface area contributed by atoms with E-state index in [2.05, 4.69) is 20.5 Å². The molecule has 0 bridgehead atoms. The third-order valence-corrected chi connectivity index (χ3v) is 4.85. The molecule has 5 nitrogen and oxygen atoms in total. The average molecular weight is 408 g/mol. The Bertz CT molecular complexity index is 960. The SMILES string of the molecule is Cc1c(NC(=O)C=Cc2cc(Cl)c(Cl)c(Cl)c2)n[nH]c1-c1ccncc1. The average Bonchev–Trinajstić information content (AvgIpc) is 2.99. The summed E-state index contributed by atoms with van der Waals surface area (Å²) in [5.74, 6) is 0.127. The van der Waals surface area contributed by atoms with Crippen LogP contribution in [0.3, 0.4) is 0 Å². The van der Waals surface area contributed by atoms with Gasteiger partial charge >= 0.3 is 0 Å². The molecule has 2 heterocycles. The molecule has 0 radical (unpaired) electrons. The molecule has 2 aromatic heterocycles. The van der Waals surface area contributed by atoms with Crippen molar-refractivity contribution in [1.29, 1.82) is 0 Å². The molecule has 1 amide bonds. The first-order valence-electron chi connectivity index (χ1n) is 7.54. The summed E-state index contributed by atoms with van der Waals surface area (Å²) in [6.45, 7) is 1.87. The molecule has 2 N–H and O–H groups in total. The minimum absolute atomic E-state index is 0.283. The summed E-state index contributed by atoms with van der Waals surface area (Å²) in [5.41, 5.74) is 3.25. The van der Waals surface area contributed by atoms with E-state index in [4.69, 9.17) is 34.8 Å². The fourth-order valence-electron chi connectivity index (χ4n) is 2.32. The van der Waals surface area contributed by atoms with Crippen molar-refractivity contribution in [3.05, 3.63) is 68.9 Å². The highest BCUT2D eigenvalue weighted by atomic mass is 35.5. The molecule has 0 atom stereocenters. The van der Waals surface area contributed by atoms with Crippen LogP contribution in [-0.4, -0.2) is 21.1 Å². The van der Waals surface area contributed by atoms with Gasteiger partial charge in [0.1, 0.15) is 0 Å². The van der Waals surface area contributed by atoms with E-state index in [1.807, 2.05) is 19.1 Å². The Balaban J connectivity index is 1.74. The van der Waals surface area contributed by atoms with E-state index in [0.717, 1.165) is 16.8 Å². The predicted octanol–water partition coefficient (Wildman–Crippen LogP) is 5.39. The fourth-order valence-corrected chi connectivity index (χ4v) is 2.93. The van der Waals surface area contributed by atoms with Crippen molar-refractivity contribution in [2.45, 2.75) is 6.92 Å². The van der Waals surface area contributed by atoms with Gasteiger partial charge in [0.2, 0.25) is 5.91 Å². The van der Waals surface area contributed by atoms with Crippen molar-refractivity contribution in [2.75, 3.05) is 5.32 Å². The lowest BCUT2D eigenvalue weighted by atomic mass is 10.1. The van der Waals surface area contributed by atoms with Crippen LogP contribution in [0.2, 0.25) is 15.1 Å². The second-order valence-corrected chi connectivity index (χ2v) is 6.62. The van der Waals surface area contributed by atoms with Crippen molar-refractivity contribution >= 4 is 52.6 Å². The maximum absolute atomic E-state index is 12.2. The van der Waals surface area contributed by atoms with E-state index in [-0.39, 0.29) is 10.9 Å². The van der Waals surface area contributed by atoms with Crippen LogP contribution in [0, 0.1) is 6.92 Å². The van der Waals surface area contributed by atoms with Gasteiger partial charge in [-0.2, -0.15) is 5.10 Å². The summed E-state index contributed by atoms with van der Waals surface area (Å²) in [5, 5.41) is 10.7. The summed E-state index contributed by atoms with van der Waals surface area (Å²) in [6, 6.07) is 6.97. The topological polar surface area (TPSA) is 70.7 Å². The molecule has 3 rings (SSSR count). The summed E-state index contributed by atoms with van der Waals surface area (Å²) in [6.07, 6.45) is 6.35. The molecule has 0 spiro atoms. The standard InChI is InChI=1S/C18H13Cl3N4O/c1-10-17(12-4-6-22-7-5-12)24-25-18(10)23-15(26)3-2-11-8-13(19)16(21)14(20)9-11/h2-9H,1H3,(H2,23,24,25,26). The number of pyridine rings is 1. The van der Waals surface area contributed by atoms with E-state index in [1.54, 1.807) is 30.6 Å². The molecule has 0 aliphatic carbocycles. The Hall–Kier alpha value is -2.34. The van der Waals surface area contributed by atoms with E-state index in [1.165, 1.54) is 6.08 Å². The molecule has 0 fully saturated rings. The second-order valence-electron chi connectivity index (χ2n) is 5.43. The normalized spacial score (nSPS) is 11.1. The number of benzene rings is 1. The van der Waals surface area contributed by atoms with Gasteiger partial charge in [0.05, 0.1) is 20.8 Å². The van der Waals surface area contributed by atoms with Gasteiger partial charge in [0.15, 0.2) is 5.82 Å². The van der Waals surface area contributed by atoms with Crippen LogP contribution in [-0.2, 0) is 4.79 Å². The smallest absolute Gasteiger partial charge is 0.249 e. The molecule has 8 heteroatoms. The highest BCUT2D eigenvalue weighted by Gasteiger charge is 2.12. The summed E-state index contributed by atoms with van der Waals surface area (Å²) < 4.78 is 0. The van der Waals surface area contributed by atoms with Gasteiger partial charge in [-0.15, -0.1) is 0 Å². The highest BCUT2D eigenvalue weighted by molar-refractivity contribution is 6.48. The number of anilines is 1. The lowest BCUT2D eigenvalue weighted by Gasteiger charge is -2.02. The molecule has 0 saturated carbocycles. The predicted molar refractivity (Wildman–Crippen MR) is 106 cm³/mol. The molecule has 0 aliphatic rings. The van der Waals surface area contributed by atoms with Gasteiger partial charge < -0.3 is 5.32 Å². The largest absolute Gasteiger partial charge is 0.305 e. The van der Waals surface area contributed by atoms with Crippen molar-refractivity contribution < 1.29 is 4.79 Å². The maximum atomic E-state index is 12.2. The first-order valence-corrected chi connectivity index (χ1v) is 8.68. The Morgan fingerprint density at radius 3 is 2.46 bits per heavy atom. The summed E-state index contributed by atoms with van der Waals surface area (Å²) in [7, 11) is 0. The highest BCUT2D eigenvalue weighted by Crippen LogP contribution is 2.31. The van der Waals surface area contributed by atoms with Crippen molar-refractivity contribution in [3.8, 4) is 11.3 Å². The van der Waals surface area contributed by atoms with Crippen molar-refractivity contribution in [3.63, 3.8) is 0 Å². The first-order chi connectivity index (χ1) is 12.5. The van der Waals surface area contributed by atoms with Crippen LogP contribution in [0.1, 0.15) is 11.1 Å². The number of rotatable bonds is 4. The number of carbonyl (C=O) groups is 1. The van der Waals surface area contributed by atoms with Crippen LogP contribution in [0.15, 0.2) is 42.7 Å². The van der Waals surface area contributed by atoms with Gasteiger partial charge in [0, 0.05) is 29.6 Å². The Morgan fingerprint density at radius 1 is 1.15 bits per heavy atom. The zero-order valence-electron chi connectivity index (χ0n) is 13.6. The van der Waals surface area contributed by atoms with Crippen LogP contribution in [0.4, 0.5) is 5.82 Å². The van der Waals surface area contributed by atoms with Crippen LogP contribution >= 0.6 is 34.8 Å². The number of H-pyrrole nitrogens is 1. The quantitative estimate of drug-likeness (QED) is 0.450. The Labute approximate surface area is 165 Å². The molecule has 3 aromatic rings. The van der Waals surface area contributed by atoms with E-state index in [9.17, 15) is 4.79 Å². The van der Waals surface area contributed by atoms with Crippen molar-refractivity contribution in [2.24, 2.45) is 0 Å². The Kier molecular flexibility index (Phi) is 5.61. The number of hydrogen-bond acceptors (Lipinski definition) is 3. The van der Waals surface area contributed by atoms with Crippen molar-refractivity contribution in [1.82, 2.24) is 15.2 Å². The summed E-state index contributed by atoms with van der Waals surface area (Å²) >= 11 is 17.9. The molecule has 0 saturated heterocycles. The van der Waals surface area contributed by atoms with Gasteiger partial charge in [0.25, 0.3) is 0 Å². The zero-order chi connectivity index (χ0) is 18.7. The zero-order valence-corrected chi connectivity index (χ0v) is 15.8. The number of carbonyl (C=O) groups excluding carboxylic acids is 1. The van der Waals surface area contributed by atoms with Crippen LogP contribution in [0.5, 0.6) is 0 Å². The van der Waals surface area contributed by atoms with Gasteiger partial charge in [-0.3, -0.25) is 14.9 Å². The third-order valence-electron chi connectivity index (χ3n) is 3.65. The lowest BCUT2D eigenvalue weighted by molar-refractivity contribution is -0.111. The molecule has 26 heavy (non-hydrogen) atoms. The first kappa shape index (κ1) is 18.5. The molecule has 1 aromatic carbocycles. The number of aromatic amines is 1. The second kappa shape index (κ2) is 7.91. The number of nitrogens with one attached hydrogen (secondary N) is 2. The minimum atomic E-state index is -0.330. The van der Waals surface area contributed by atoms with Gasteiger partial charge in [-0.25, -0.2) is 0 Å². The molecule has 132 valence electrons. The minimum Gasteiger partial charge on any atom is -0.305 e. The lowest BCUT2D eigenvalue weighted by Crippen LogP contribution is -2.09. The van der Waals surface area contributed by atoms with E-state index in [0.29, 0.717) is 21.4 Å². The molecular weight excluding hydrogens is 395 g/mol. The number of nitrogens with zero attached hydrogens (tertiary/aromatic N) is 2. The number of amides is 1. The fraction of sp³-hybridized carbons (Fsp3) is 0.0556. The monoisotopic (exact) mass is 406 g/mol. The number of hydrogen-bond donors (Lipinski definition) is 2. The number of halogens is 3. The van der Waals surface area contributed by atoms with E-state index < -0.39 is 0 Å². The molecule has 0 unspecified atom stereocenters. The maximum Gasteiger partial charge on any atom is 0.249 e. The van der Waals surface area contributed by atoms with Crippen LogP contribution < -0.4 is 5.32 Å². The number of aromatic nitrogens is 3. The van der Waals surface area contributed by atoms with Gasteiger partial charge in [-0.05, 0) is 42.8 Å². The van der Waals surface area contributed by atoms with Gasteiger partial charge in [-0.1, -0.05) is 34.8 Å². The molecule has 0 aliphatic heterocycles.